The van der Waals surface area contributed by atoms with Crippen molar-refractivity contribution in [3.8, 4) is 0 Å². The number of nitrogens with one attached hydrogen (secondary N) is 1. The Bertz CT molecular complexity index is 468. The van der Waals surface area contributed by atoms with Crippen LogP contribution in [0.1, 0.15) is 0 Å². The number of rotatable bonds is 3. The van der Waals surface area contributed by atoms with Crippen LogP contribution in [0.5, 0.6) is 0 Å². The Morgan fingerprint density at radius 1 is 1.38 bits per heavy atom. The molecule has 4 amide bonds. The Balaban J connectivity index is 1.68. The smallest absolute Gasteiger partial charge is 0.327 e. The number of hydrogen-bond acceptors (Lipinski definition) is 6. The lowest BCUT2D eigenvalue weighted by molar-refractivity contribution is -0.137. The van der Waals surface area contributed by atoms with Gasteiger partial charge in [0.05, 0.1) is 25.7 Å². The quantitative estimate of drug-likeness (QED) is 0.592. The second-order valence-electron chi connectivity index (χ2n) is 5.26. The molecule has 0 aromatic rings. The number of hydrogen-bond donors (Lipinski definition) is 2. The summed E-state index contributed by atoms with van der Waals surface area (Å²) in [5.41, 5.74) is 0. The molecule has 0 spiro atoms. The number of fused-ring (bicyclic) bond motifs is 1. The van der Waals surface area contributed by atoms with Crippen LogP contribution in [-0.4, -0.2) is 94.2 Å². The van der Waals surface area contributed by atoms with Crippen LogP contribution in [0, 0.1) is 0 Å². The molecule has 3 aliphatic rings. The molecule has 0 aromatic heterocycles. The lowest BCUT2D eigenvalue weighted by Crippen LogP contribution is -2.57. The fourth-order valence-electron chi connectivity index (χ4n) is 2.93. The third-order valence-electron chi connectivity index (χ3n) is 4.06. The minimum absolute atomic E-state index is 0.000470. The second-order valence-corrected chi connectivity index (χ2v) is 6.29. The first-order valence-electron chi connectivity index (χ1n) is 6.96. The molecule has 2 atom stereocenters. The van der Waals surface area contributed by atoms with Gasteiger partial charge >= 0.3 is 6.03 Å². The molecule has 8 nitrogen and oxygen atoms in total. The molecular formula is C12H18N4O4S. The number of carbonyl (C=O) groups is 3. The van der Waals surface area contributed by atoms with Gasteiger partial charge in [0, 0.05) is 24.7 Å². The minimum atomic E-state index is -0.601. The molecule has 0 saturated carbocycles. The van der Waals surface area contributed by atoms with Crippen LogP contribution in [0.2, 0.25) is 0 Å². The van der Waals surface area contributed by atoms with Crippen molar-refractivity contribution in [1.82, 2.24) is 20.0 Å². The minimum Gasteiger partial charge on any atom is -0.395 e. The van der Waals surface area contributed by atoms with Crippen LogP contribution in [0.3, 0.4) is 0 Å². The number of nitrogens with zero attached hydrogens (tertiary/aromatic N) is 3. The van der Waals surface area contributed by atoms with Crippen LogP contribution in [-0.2, 0) is 9.59 Å². The van der Waals surface area contributed by atoms with Crippen molar-refractivity contribution in [2.24, 2.45) is 0 Å². The zero-order valence-electron chi connectivity index (χ0n) is 11.5. The number of aliphatic hydroxyl groups is 1. The molecule has 3 aliphatic heterocycles. The van der Waals surface area contributed by atoms with Crippen molar-refractivity contribution in [2.45, 2.75) is 12.1 Å². The first kappa shape index (κ1) is 14.6. The molecule has 9 heteroatoms. The van der Waals surface area contributed by atoms with Gasteiger partial charge < -0.3 is 14.9 Å². The first-order valence-corrected chi connectivity index (χ1v) is 8.11. The molecule has 2 N–H and O–H groups in total. The molecule has 0 unspecified atom stereocenters. The second kappa shape index (κ2) is 5.82. The highest BCUT2D eigenvalue weighted by Gasteiger charge is 2.48. The van der Waals surface area contributed by atoms with E-state index in [2.05, 4.69) is 5.32 Å². The van der Waals surface area contributed by atoms with E-state index in [1.54, 1.807) is 16.7 Å². The number of urea groups is 1. The highest BCUT2D eigenvalue weighted by atomic mass is 32.2. The average Bonchev–Trinajstić information content (AvgIpc) is 3.10. The van der Waals surface area contributed by atoms with Gasteiger partial charge in [-0.3, -0.25) is 19.8 Å². The number of amides is 4. The van der Waals surface area contributed by atoms with Gasteiger partial charge in [-0.05, 0) is 0 Å². The summed E-state index contributed by atoms with van der Waals surface area (Å²) in [6.07, 6.45) is 0. The van der Waals surface area contributed by atoms with Crippen molar-refractivity contribution in [3.05, 3.63) is 0 Å². The van der Waals surface area contributed by atoms with Crippen molar-refractivity contribution in [3.63, 3.8) is 0 Å². The Kier molecular flexibility index (Phi) is 4.05. The lowest BCUT2D eigenvalue weighted by Gasteiger charge is -2.36. The molecule has 21 heavy (non-hydrogen) atoms. The SMILES string of the molecule is O=C([C@@H]1CSCN1)N1CCN2C(=O)N(CCO)C(=O)[C@H]2C1. The van der Waals surface area contributed by atoms with Gasteiger partial charge in [0.2, 0.25) is 5.91 Å². The molecule has 0 radical (unpaired) electrons. The van der Waals surface area contributed by atoms with E-state index < -0.39 is 6.04 Å². The van der Waals surface area contributed by atoms with E-state index in [9.17, 15) is 14.4 Å². The van der Waals surface area contributed by atoms with Gasteiger partial charge in [-0.15, -0.1) is 11.8 Å². The monoisotopic (exact) mass is 314 g/mol. The van der Waals surface area contributed by atoms with Gasteiger partial charge in [-0.2, -0.15) is 0 Å². The van der Waals surface area contributed by atoms with E-state index in [1.165, 1.54) is 4.90 Å². The summed E-state index contributed by atoms with van der Waals surface area (Å²) in [4.78, 5) is 40.9. The van der Waals surface area contributed by atoms with Crippen LogP contribution < -0.4 is 5.32 Å². The lowest BCUT2D eigenvalue weighted by atomic mass is 10.1. The highest BCUT2D eigenvalue weighted by Crippen LogP contribution is 2.23. The predicted molar refractivity (Wildman–Crippen MR) is 75.5 cm³/mol. The van der Waals surface area contributed by atoms with Gasteiger partial charge in [0.1, 0.15) is 6.04 Å². The van der Waals surface area contributed by atoms with E-state index in [4.69, 9.17) is 5.11 Å². The van der Waals surface area contributed by atoms with Crippen LogP contribution in [0.4, 0.5) is 4.79 Å². The van der Waals surface area contributed by atoms with Crippen molar-refractivity contribution in [1.29, 1.82) is 0 Å². The third kappa shape index (κ3) is 2.49. The van der Waals surface area contributed by atoms with Crippen molar-refractivity contribution < 1.29 is 19.5 Å². The maximum absolute atomic E-state index is 12.4. The fraction of sp³-hybridized carbons (Fsp3) is 0.750. The van der Waals surface area contributed by atoms with E-state index in [0.717, 1.165) is 16.5 Å². The number of carbonyl (C=O) groups excluding carboxylic acids is 3. The normalized spacial score (nSPS) is 29.3. The number of aliphatic hydroxyl groups excluding tert-OH is 1. The molecule has 0 aliphatic carbocycles. The molecule has 0 aromatic carbocycles. The topological polar surface area (TPSA) is 93.2 Å². The van der Waals surface area contributed by atoms with Crippen molar-refractivity contribution >= 4 is 29.6 Å². The number of thioether (sulfide) groups is 1. The summed E-state index contributed by atoms with van der Waals surface area (Å²) in [5.74, 6) is 1.19. The van der Waals surface area contributed by atoms with E-state index in [1.807, 2.05) is 0 Å². The highest BCUT2D eigenvalue weighted by molar-refractivity contribution is 7.99. The van der Waals surface area contributed by atoms with E-state index in [-0.39, 0.29) is 43.6 Å². The summed E-state index contributed by atoms with van der Waals surface area (Å²) < 4.78 is 0. The van der Waals surface area contributed by atoms with Crippen molar-refractivity contribution in [2.75, 3.05) is 44.4 Å². The molecule has 0 bridgehead atoms. The molecule has 3 saturated heterocycles. The van der Waals surface area contributed by atoms with E-state index >= 15 is 0 Å². The molecule has 3 rings (SSSR count). The van der Waals surface area contributed by atoms with Gasteiger partial charge in [-0.1, -0.05) is 0 Å². The largest absolute Gasteiger partial charge is 0.395 e. The fourth-order valence-corrected chi connectivity index (χ4v) is 3.87. The summed E-state index contributed by atoms with van der Waals surface area (Å²) in [7, 11) is 0. The Hall–Kier alpha value is -1.32. The molecule has 3 heterocycles. The zero-order chi connectivity index (χ0) is 15.0. The maximum Gasteiger partial charge on any atom is 0.327 e. The van der Waals surface area contributed by atoms with E-state index in [0.29, 0.717) is 13.1 Å². The third-order valence-corrected chi connectivity index (χ3v) is 5.00. The molecule has 116 valence electrons. The first-order chi connectivity index (χ1) is 10.1. The summed E-state index contributed by atoms with van der Waals surface area (Å²) in [6.45, 7) is 0.824. The van der Waals surface area contributed by atoms with Crippen LogP contribution in [0.25, 0.3) is 0 Å². The van der Waals surface area contributed by atoms with Crippen LogP contribution >= 0.6 is 11.8 Å². The predicted octanol–water partition coefficient (Wildman–Crippen LogP) is -1.88. The Labute approximate surface area is 126 Å². The van der Waals surface area contributed by atoms with Gasteiger partial charge in [0.15, 0.2) is 0 Å². The Morgan fingerprint density at radius 3 is 2.86 bits per heavy atom. The maximum atomic E-state index is 12.4. The molecular weight excluding hydrogens is 296 g/mol. The summed E-state index contributed by atoms with van der Waals surface area (Å²) in [5, 5.41) is 12.1. The summed E-state index contributed by atoms with van der Waals surface area (Å²) >= 11 is 1.68. The number of imide groups is 1. The van der Waals surface area contributed by atoms with Gasteiger partial charge in [0.25, 0.3) is 5.91 Å². The van der Waals surface area contributed by atoms with Crippen LogP contribution in [0.15, 0.2) is 0 Å². The standard InChI is InChI=1S/C12H18N4O4S/c17-4-3-16-11(19)9-5-14(1-2-15(9)12(16)20)10(18)8-6-21-7-13-8/h8-9,13,17H,1-7H2/t8-,9+/m0/s1. The Morgan fingerprint density at radius 2 is 2.19 bits per heavy atom. The summed E-state index contributed by atoms with van der Waals surface area (Å²) in [6, 6.07) is -1.15. The molecule has 3 fully saturated rings. The average molecular weight is 314 g/mol. The number of piperazine rings is 1. The van der Waals surface area contributed by atoms with Gasteiger partial charge in [-0.25, -0.2) is 4.79 Å². The number of β-amino-alcohol motifs (C(OH)–C–C–N with tert-alkyl or cyclic N) is 1. The zero-order valence-corrected chi connectivity index (χ0v) is 12.3.